The van der Waals surface area contributed by atoms with E-state index in [4.69, 9.17) is 0 Å². The zero-order valence-corrected chi connectivity index (χ0v) is 11.8. The lowest BCUT2D eigenvalue weighted by Gasteiger charge is -2.32. The van der Waals surface area contributed by atoms with Crippen molar-refractivity contribution in [3.8, 4) is 0 Å². The third kappa shape index (κ3) is 6.16. The van der Waals surface area contributed by atoms with Crippen molar-refractivity contribution < 1.29 is 0 Å². The van der Waals surface area contributed by atoms with Crippen molar-refractivity contribution in [2.45, 2.75) is 12.8 Å². The number of hydrogen-bond donors (Lipinski definition) is 1. The molecule has 1 saturated heterocycles. The third-order valence-electron chi connectivity index (χ3n) is 2.75. The Labute approximate surface area is 105 Å². The van der Waals surface area contributed by atoms with E-state index in [-0.39, 0.29) is 24.0 Å². The van der Waals surface area contributed by atoms with Crippen molar-refractivity contribution in [3.05, 3.63) is 0 Å². The van der Waals surface area contributed by atoms with Gasteiger partial charge in [0.25, 0.3) is 0 Å². The maximum absolute atomic E-state index is 3.19. The lowest BCUT2D eigenvalue weighted by Crippen LogP contribution is -2.44. The van der Waals surface area contributed by atoms with Gasteiger partial charge in [0, 0.05) is 26.2 Å². The lowest BCUT2D eigenvalue weighted by atomic mass is 10.2. The second-order valence-corrected chi connectivity index (χ2v) is 3.96. The second kappa shape index (κ2) is 8.88. The standard InChI is InChI=1S/C10H23N3.HI/c1-11-5-3-4-6-13-9-7-12(2)8-10-13;/h11H,3-10H2,1-2H3;1H. The summed E-state index contributed by atoms with van der Waals surface area (Å²) < 4.78 is 0. The average molecular weight is 313 g/mol. The van der Waals surface area contributed by atoms with Crippen LogP contribution < -0.4 is 5.32 Å². The zero-order chi connectivity index (χ0) is 9.52. The van der Waals surface area contributed by atoms with E-state index in [9.17, 15) is 0 Å². The van der Waals surface area contributed by atoms with Gasteiger partial charge in [0.2, 0.25) is 0 Å². The van der Waals surface area contributed by atoms with E-state index in [0.717, 1.165) is 6.54 Å². The summed E-state index contributed by atoms with van der Waals surface area (Å²) in [6.45, 7) is 7.45. The summed E-state index contributed by atoms with van der Waals surface area (Å²) in [5, 5.41) is 3.19. The van der Waals surface area contributed by atoms with Gasteiger partial charge in [-0.2, -0.15) is 0 Å². The summed E-state index contributed by atoms with van der Waals surface area (Å²) in [5.74, 6) is 0. The van der Waals surface area contributed by atoms with E-state index in [1.54, 1.807) is 0 Å². The highest BCUT2D eigenvalue weighted by Gasteiger charge is 2.12. The molecule has 0 saturated carbocycles. The Bertz CT molecular complexity index is 125. The molecule has 0 spiro atoms. The monoisotopic (exact) mass is 313 g/mol. The molecule has 1 N–H and O–H groups in total. The Morgan fingerprint density at radius 2 is 1.71 bits per heavy atom. The minimum Gasteiger partial charge on any atom is -0.320 e. The van der Waals surface area contributed by atoms with Crippen LogP contribution in [0.5, 0.6) is 0 Å². The van der Waals surface area contributed by atoms with Crippen LogP contribution in [0.2, 0.25) is 0 Å². The van der Waals surface area contributed by atoms with Gasteiger partial charge in [0.1, 0.15) is 0 Å². The minimum absolute atomic E-state index is 0. The van der Waals surface area contributed by atoms with Crippen molar-refractivity contribution in [3.63, 3.8) is 0 Å². The van der Waals surface area contributed by atoms with Crippen molar-refractivity contribution >= 4 is 24.0 Å². The SMILES string of the molecule is CNCCCCN1CCN(C)CC1.I. The summed E-state index contributed by atoms with van der Waals surface area (Å²) >= 11 is 0. The van der Waals surface area contributed by atoms with Crippen LogP contribution in [0.1, 0.15) is 12.8 Å². The molecule has 0 aromatic carbocycles. The Hall–Kier alpha value is 0.610. The molecule has 1 fully saturated rings. The topological polar surface area (TPSA) is 18.5 Å². The molecule has 0 aromatic rings. The first-order chi connectivity index (χ1) is 6.33. The molecule has 1 aliphatic rings. The molecule has 3 nitrogen and oxygen atoms in total. The fraction of sp³-hybridized carbons (Fsp3) is 1.00. The summed E-state index contributed by atoms with van der Waals surface area (Å²) in [7, 11) is 4.23. The number of nitrogens with one attached hydrogen (secondary N) is 1. The van der Waals surface area contributed by atoms with Crippen molar-refractivity contribution in [2.24, 2.45) is 0 Å². The van der Waals surface area contributed by atoms with Crippen LogP contribution in [-0.2, 0) is 0 Å². The van der Waals surface area contributed by atoms with Gasteiger partial charge in [0.05, 0.1) is 0 Å². The molecule has 0 atom stereocenters. The van der Waals surface area contributed by atoms with Gasteiger partial charge in [-0.3, -0.25) is 0 Å². The average Bonchev–Trinajstić information content (AvgIpc) is 2.15. The van der Waals surface area contributed by atoms with Crippen LogP contribution in [-0.4, -0.2) is 63.2 Å². The largest absolute Gasteiger partial charge is 0.320 e. The van der Waals surface area contributed by atoms with Gasteiger partial charge in [-0.05, 0) is 40.0 Å². The van der Waals surface area contributed by atoms with Gasteiger partial charge >= 0.3 is 0 Å². The minimum atomic E-state index is 0. The molecule has 0 unspecified atom stereocenters. The van der Waals surface area contributed by atoms with Crippen LogP contribution in [0.4, 0.5) is 0 Å². The normalized spacial score (nSPS) is 19.3. The van der Waals surface area contributed by atoms with Gasteiger partial charge in [0.15, 0.2) is 0 Å². The molecule has 0 bridgehead atoms. The Balaban J connectivity index is 0.00000169. The number of unbranched alkanes of at least 4 members (excludes halogenated alkanes) is 1. The lowest BCUT2D eigenvalue weighted by molar-refractivity contribution is 0.152. The number of nitrogens with zero attached hydrogens (tertiary/aromatic N) is 2. The first-order valence-corrected chi connectivity index (χ1v) is 5.38. The molecule has 1 heterocycles. The van der Waals surface area contributed by atoms with Crippen LogP contribution in [0, 0.1) is 0 Å². The van der Waals surface area contributed by atoms with E-state index in [2.05, 4.69) is 22.2 Å². The van der Waals surface area contributed by atoms with Crippen molar-refractivity contribution in [1.82, 2.24) is 15.1 Å². The number of hydrogen-bond acceptors (Lipinski definition) is 3. The first-order valence-electron chi connectivity index (χ1n) is 5.38. The van der Waals surface area contributed by atoms with Crippen LogP contribution in [0.25, 0.3) is 0 Å². The van der Waals surface area contributed by atoms with Crippen LogP contribution in [0.3, 0.4) is 0 Å². The molecule has 0 radical (unpaired) electrons. The highest BCUT2D eigenvalue weighted by molar-refractivity contribution is 14.0. The Kier molecular flexibility index (Phi) is 9.27. The molecule has 0 aromatic heterocycles. The summed E-state index contributed by atoms with van der Waals surface area (Å²) in [6.07, 6.45) is 2.65. The summed E-state index contributed by atoms with van der Waals surface area (Å²) in [5.41, 5.74) is 0. The third-order valence-corrected chi connectivity index (χ3v) is 2.75. The molecule has 86 valence electrons. The molecular formula is C10H24IN3. The number of halogens is 1. The van der Waals surface area contributed by atoms with E-state index >= 15 is 0 Å². The summed E-state index contributed by atoms with van der Waals surface area (Å²) in [6, 6.07) is 0. The van der Waals surface area contributed by atoms with E-state index in [1.807, 2.05) is 7.05 Å². The molecule has 0 aliphatic carbocycles. The van der Waals surface area contributed by atoms with E-state index in [0.29, 0.717) is 0 Å². The van der Waals surface area contributed by atoms with Gasteiger partial charge in [-0.15, -0.1) is 24.0 Å². The van der Waals surface area contributed by atoms with E-state index < -0.39 is 0 Å². The number of rotatable bonds is 5. The maximum Gasteiger partial charge on any atom is 0.0110 e. The molecule has 4 heteroatoms. The summed E-state index contributed by atoms with van der Waals surface area (Å²) in [4.78, 5) is 4.99. The molecular weight excluding hydrogens is 289 g/mol. The smallest absolute Gasteiger partial charge is 0.0110 e. The molecule has 0 amide bonds. The van der Waals surface area contributed by atoms with Crippen LogP contribution in [0.15, 0.2) is 0 Å². The maximum atomic E-state index is 3.19. The number of piperazine rings is 1. The Morgan fingerprint density at radius 1 is 1.07 bits per heavy atom. The molecule has 1 rings (SSSR count). The zero-order valence-electron chi connectivity index (χ0n) is 9.46. The van der Waals surface area contributed by atoms with Crippen molar-refractivity contribution in [2.75, 3.05) is 53.4 Å². The molecule has 14 heavy (non-hydrogen) atoms. The fourth-order valence-corrected chi connectivity index (χ4v) is 1.71. The van der Waals surface area contributed by atoms with Gasteiger partial charge < -0.3 is 15.1 Å². The van der Waals surface area contributed by atoms with Gasteiger partial charge in [-0.25, -0.2) is 0 Å². The highest BCUT2D eigenvalue weighted by Crippen LogP contribution is 2.00. The molecule has 1 aliphatic heterocycles. The van der Waals surface area contributed by atoms with Crippen molar-refractivity contribution in [1.29, 1.82) is 0 Å². The fourth-order valence-electron chi connectivity index (χ4n) is 1.71. The second-order valence-electron chi connectivity index (χ2n) is 3.96. The predicted molar refractivity (Wildman–Crippen MR) is 72.5 cm³/mol. The Morgan fingerprint density at radius 3 is 2.29 bits per heavy atom. The van der Waals surface area contributed by atoms with Gasteiger partial charge in [-0.1, -0.05) is 0 Å². The number of likely N-dealkylation sites (N-methyl/N-ethyl adjacent to an activating group) is 1. The quantitative estimate of drug-likeness (QED) is 0.600. The van der Waals surface area contributed by atoms with Crippen LogP contribution >= 0.6 is 24.0 Å². The van der Waals surface area contributed by atoms with E-state index in [1.165, 1.54) is 45.6 Å². The predicted octanol–water partition coefficient (Wildman–Crippen LogP) is 0.851. The highest BCUT2D eigenvalue weighted by atomic mass is 127. The first kappa shape index (κ1) is 14.6.